The van der Waals surface area contributed by atoms with Crippen LogP contribution in [0.5, 0.6) is 0 Å². The second-order valence-electron chi connectivity index (χ2n) is 8.18. The van der Waals surface area contributed by atoms with Gasteiger partial charge in [-0.25, -0.2) is 12.8 Å². The Bertz CT molecular complexity index is 1270. The van der Waals surface area contributed by atoms with Crippen molar-refractivity contribution in [3.05, 3.63) is 98.8 Å². The fourth-order valence-electron chi connectivity index (χ4n) is 4.14. The molecule has 1 aromatic heterocycles. The fraction of sp³-hybridized carbons (Fsp3) is 0.269. The number of benzene rings is 2. The number of hydrogen-bond donors (Lipinski definition) is 0. The van der Waals surface area contributed by atoms with E-state index in [4.69, 9.17) is 4.74 Å². The van der Waals surface area contributed by atoms with Gasteiger partial charge in [0, 0.05) is 30.5 Å². The second kappa shape index (κ2) is 11.3. The summed E-state index contributed by atoms with van der Waals surface area (Å²) in [6.07, 6.45) is 2.20. The minimum absolute atomic E-state index is 0.0441. The zero-order chi connectivity index (χ0) is 24.8. The summed E-state index contributed by atoms with van der Waals surface area (Å²) in [4.78, 5) is 16.4. The number of ether oxygens (including phenoxy) is 1. The van der Waals surface area contributed by atoms with Crippen LogP contribution < -0.4 is 0 Å². The van der Waals surface area contributed by atoms with Gasteiger partial charge in [0.15, 0.2) is 0 Å². The van der Waals surface area contributed by atoms with Gasteiger partial charge in [0.05, 0.1) is 19.2 Å². The lowest BCUT2D eigenvalue weighted by Gasteiger charge is -2.37. The normalized spacial score (nSPS) is 16.1. The number of halogens is 1. The van der Waals surface area contributed by atoms with Gasteiger partial charge in [0.25, 0.3) is 0 Å². The molecule has 1 unspecified atom stereocenters. The molecule has 0 N–H and O–H groups in total. The van der Waals surface area contributed by atoms with Crippen LogP contribution in [0.15, 0.2) is 71.5 Å². The molecule has 2 aromatic carbocycles. The van der Waals surface area contributed by atoms with Gasteiger partial charge in [-0.15, -0.1) is 11.3 Å². The topological polar surface area (TPSA) is 66.9 Å². The molecule has 0 bridgehead atoms. The van der Waals surface area contributed by atoms with Crippen LogP contribution in [0.25, 0.3) is 6.08 Å². The van der Waals surface area contributed by atoms with E-state index < -0.39 is 16.1 Å². The Balaban J connectivity index is 1.60. The third-order valence-corrected chi connectivity index (χ3v) is 8.43. The monoisotopic (exact) mass is 514 g/mol. The molecular weight excluding hydrogens is 487 g/mol. The highest BCUT2D eigenvalue weighted by Gasteiger charge is 2.34. The number of carbonyl (C=O) groups excluding carboxylic acids is 1. The predicted molar refractivity (Wildman–Crippen MR) is 136 cm³/mol. The molecular formula is C26H27FN2O4S2. The van der Waals surface area contributed by atoms with Gasteiger partial charge in [0.1, 0.15) is 5.82 Å². The fourth-order valence-corrected chi connectivity index (χ4v) is 6.16. The number of sulfonamides is 1. The summed E-state index contributed by atoms with van der Waals surface area (Å²) in [6.45, 7) is 0.332. The van der Waals surface area contributed by atoms with Crippen LogP contribution >= 0.6 is 11.3 Å². The van der Waals surface area contributed by atoms with E-state index in [1.807, 2.05) is 29.6 Å². The number of rotatable bonds is 9. The van der Waals surface area contributed by atoms with E-state index in [0.29, 0.717) is 13.0 Å². The van der Waals surface area contributed by atoms with E-state index in [1.165, 1.54) is 30.2 Å². The summed E-state index contributed by atoms with van der Waals surface area (Å²) < 4.78 is 46.1. The molecule has 1 atom stereocenters. The summed E-state index contributed by atoms with van der Waals surface area (Å²) in [5.74, 6) is -0.668. The van der Waals surface area contributed by atoms with E-state index in [-0.39, 0.29) is 31.4 Å². The van der Waals surface area contributed by atoms with Crippen LogP contribution in [-0.4, -0.2) is 56.9 Å². The zero-order valence-electron chi connectivity index (χ0n) is 19.3. The lowest BCUT2D eigenvalue weighted by atomic mass is 9.93. The molecule has 1 amide bonds. The first-order valence-corrected chi connectivity index (χ1v) is 13.6. The Morgan fingerprint density at radius 2 is 1.91 bits per heavy atom. The number of methoxy groups -OCH3 is 1. The molecule has 6 nitrogen and oxygen atoms in total. The molecule has 1 aliphatic rings. The van der Waals surface area contributed by atoms with Crippen LogP contribution in [0.2, 0.25) is 0 Å². The van der Waals surface area contributed by atoms with Crippen molar-refractivity contribution in [2.75, 3.05) is 33.4 Å². The Kier molecular flexibility index (Phi) is 8.12. The first-order valence-electron chi connectivity index (χ1n) is 11.2. The highest BCUT2D eigenvalue weighted by Crippen LogP contribution is 2.38. The highest BCUT2D eigenvalue weighted by molar-refractivity contribution is 7.92. The van der Waals surface area contributed by atoms with Crippen molar-refractivity contribution < 1.29 is 22.3 Å². The lowest BCUT2D eigenvalue weighted by molar-refractivity contribution is -0.133. The van der Waals surface area contributed by atoms with Crippen LogP contribution in [0.3, 0.4) is 0 Å². The molecule has 184 valence electrons. The molecule has 35 heavy (non-hydrogen) atoms. The molecule has 0 spiro atoms. The quantitative estimate of drug-likeness (QED) is 0.427. The van der Waals surface area contributed by atoms with Crippen molar-refractivity contribution in [3.63, 3.8) is 0 Å². The van der Waals surface area contributed by atoms with E-state index in [9.17, 15) is 17.6 Å². The van der Waals surface area contributed by atoms with E-state index >= 15 is 0 Å². The van der Waals surface area contributed by atoms with E-state index in [0.717, 1.165) is 26.4 Å². The smallest absolute Gasteiger partial charge is 0.238 e. The van der Waals surface area contributed by atoms with Gasteiger partial charge in [-0.1, -0.05) is 42.5 Å². The third kappa shape index (κ3) is 6.05. The van der Waals surface area contributed by atoms with Crippen molar-refractivity contribution >= 4 is 33.3 Å². The first kappa shape index (κ1) is 25.2. The Morgan fingerprint density at radius 3 is 2.63 bits per heavy atom. The van der Waals surface area contributed by atoms with Crippen molar-refractivity contribution in [2.45, 2.75) is 12.5 Å². The maximum atomic E-state index is 13.6. The summed E-state index contributed by atoms with van der Waals surface area (Å²) in [5, 5.41) is 3.11. The maximum absolute atomic E-state index is 13.6. The van der Waals surface area contributed by atoms with E-state index in [2.05, 4.69) is 0 Å². The lowest BCUT2D eigenvalue weighted by Crippen LogP contribution is -2.47. The van der Waals surface area contributed by atoms with Crippen LogP contribution in [0, 0.1) is 5.82 Å². The van der Waals surface area contributed by atoms with Crippen LogP contribution in [-0.2, 0) is 26.0 Å². The molecule has 4 rings (SSSR count). The van der Waals surface area contributed by atoms with Gasteiger partial charge in [-0.3, -0.25) is 4.79 Å². The molecule has 0 radical (unpaired) electrons. The van der Waals surface area contributed by atoms with Crippen molar-refractivity contribution in [3.8, 4) is 0 Å². The van der Waals surface area contributed by atoms with Gasteiger partial charge < -0.3 is 9.64 Å². The van der Waals surface area contributed by atoms with Gasteiger partial charge in [-0.05, 0) is 52.8 Å². The average Bonchev–Trinajstić information content (AvgIpc) is 3.35. The zero-order valence-corrected chi connectivity index (χ0v) is 21.0. The average molecular weight is 515 g/mol. The number of thiophene rings is 1. The molecule has 0 fully saturated rings. The van der Waals surface area contributed by atoms with Crippen LogP contribution in [0.4, 0.5) is 4.39 Å². The first-order chi connectivity index (χ1) is 16.9. The standard InChI is InChI=1S/C26H27FN2O4S2/c1-33-16-15-28(35(31,32)18-13-20-5-3-2-4-6-20)19-25(30)29-14-11-24-23(12-17-34-24)26(29)21-7-9-22(27)10-8-21/h2-10,12-13,17-18,26H,11,14-16,19H2,1H3. The SMILES string of the molecule is COCCN(CC(=O)N1CCc2sccc2C1c1ccc(F)cc1)S(=O)(=O)C=Cc1ccccc1. The van der Waals surface area contributed by atoms with Crippen molar-refractivity contribution in [2.24, 2.45) is 0 Å². The Hall–Kier alpha value is -2.85. The Labute approximate surface area is 209 Å². The molecule has 1 aliphatic heterocycles. The van der Waals surface area contributed by atoms with Gasteiger partial charge >= 0.3 is 0 Å². The minimum Gasteiger partial charge on any atom is -0.383 e. The largest absolute Gasteiger partial charge is 0.383 e. The van der Waals surface area contributed by atoms with Crippen LogP contribution in [0.1, 0.15) is 27.6 Å². The molecule has 2 heterocycles. The second-order valence-corrected chi connectivity index (χ2v) is 11.0. The van der Waals surface area contributed by atoms with E-state index in [1.54, 1.807) is 40.5 Å². The highest BCUT2D eigenvalue weighted by atomic mass is 32.2. The molecule has 3 aromatic rings. The van der Waals surface area contributed by atoms with Gasteiger partial charge in [-0.2, -0.15) is 4.31 Å². The number of fused-ring (bicyclic) bond motifs is 1. The Morgan fingerprint density at radius 1 is 1.17 bits per heavy atom. The molecule has 0 saturated heterocycles. The third-order valence-electron chi connectivity index (χ3n) is 5.92. The predicted octanol–water partition coefficient (Wildman–Crippen LogP) is 4.31. The number of hydrogen-bond acceptors (Lipinski definition) is 5. The number of amides is 1. The van der Waals surface area contributed by atoms with Gasteiger partial charge in [0.2, 0.25) is 15.9 Å². The summed E-state index contributed by atoms with van der Waals surface area (Å²) >= 11 is 1.63. The minimum atomic E-state index is -3.89. The van der Waals surface area contributed by atoms with Crippen molar-refractivity contribution in [1.29, 1.82) is 0 Å². The summed E-state index contributed by atoms with van der Waals surface area (Å²) in [5.41, 5.74) is 2.53. The molecule has 0 aliphatic carbocycles. The number of nitrogens with zero attached hydrogens (tertiary/aromatic N) is 2. The summed E-state index contributed by atoms with van der Waals surface area (Å²) in [6, 6.07) is 16.8. The molecule has 9 heteroatoms. The summed E-state index contributed by atoms with van der Waals surface area (Å²) in [7, 11) is -2.40. The van der Waals surface area contributed by atoms with Crippen molar-refractivity contribution in [1.82, 2.24) is 9.21 Å². The maximum Gasteiger partial charge on any atom is 0.238 e. The molecule has 0 saturated carbocycles. The number of carbonyl (C=O) groups is 1.